The molecule has 0 bridgehead atoms. The predicted octanol–water partition coefficient (Wildman–Crippen LogP) is 3.98. The van der Waals surface area contributed by atoms with E-state index in [-0.39, 0.29) is 29.4 Å². The van der Waals surface area contributed by atoms with Crippen LogP contribution >= 0.6 is 0 Å². The Bertz CT molecular complexity index is 982. The van der Waals surface area contributed by atoms with Crippen LogP contribution in [0.25, 0.3) is 0 Å². The molecule has 8 nitrogen and oxygen atoms in total. The molecule has 8 heteroatoms. The number of hydrogen-bond donors (Lipinski definition) is 1. The van der Waals surface area contributed by atoms with Crippen molar-refractivity contribution in [1.82, 2.24) is 10.1 Å². The fraction of sp³-hybridized carbons (Fsp3) is 0.542. The van der Waals surface area contributed by atoms with Gasteiger partial charge in [-0.2, -0.15) is 0 Å². The summed E-state index contributed by atoms with van der Waals surface area (Å²) in [7, 11) is 0. The van der Waals surface area contributed by atoms with Crippen molar-refractivity contribution in [2.45, 2.75) is 50.9 Å². The third kappa shape index (κ3) is 4.45. The molecule has 32 heavy (non-hydrogen) atoms. The number of rotatable bonds is 4. The molecule has 2 amide bonds. The number of benzene rings is 1. The maximum Gasteiger partial charge on any atom is 0.294 e. The van der Waals surface area contributed by atoms with Crippen LogP contribution in [-0.4, -0.2) is 48.2 Å². The third-order valence-corrected chi connectivity index (χ3v) is 6.66. The number of piperidine rings is 1. The predicted molar refractivity (Wildman–Crippen MR) is 117 cm³/mol. The number of nitrogens with one attached hydrogen (secondary N) is 1. The van der Waals surface area contributed by atoms with Crippen LogP contribution < -0.4 is 14.8 Å². The summed E-state index contributed by atoms with van der Waals surface area (Å²) in [5, 5.41) is 6.98. The first-order valence-corrected chi connectivity index (χ1v) is 11.6. The Kier molecular flexibility index (Phi) is 6.01. The summed E-state index contributed by atoms with van der Waals surface area (Å²) < 4.78 is 16.4. The number of likely N-dealkylation sites (tertiary alicyclic amines) is 1. The molecular formula is C24H29N3O5. The molecule has 3 heterocycles. The molecule has 170 valence electrons. The maximum absolute atomic E-state index is 12.9. The molecule has 0 spiro atoms. The van der Waals surface area contributed by atoms with Crippen LogP contribution in [0.2, 0.25) is 0 Å². The first-order chi connectivity index (χ1) is 15.7. The molecule has 0 unspecified atom stereocenters. The number of ether oxygens (including phenoxy) is 2. The van der Waals surface area contributed by atoms with E-state index >= 15 is 0 Å². The van der Waals surface area contributed by atoms with Gasteiger partial charge in [-0.25, -0.2) is 0 Å². The van der Waals surface area contributed by atoms with Crippen molar-refractivity contribution >= 4 is 17.5 Å². The van der Waals surface area contributed by atoms with E-state index in [1.807, 2.05) is 4.90 Å². The number of anilines is 1. The molecule has 1 aliphatic carbocycles. The highest BCUT2D eigenvalue weighted by Crippen LogP contribution is 2.33. The van der Waals surface area contributed by atoms with Gasteiger partial charge < -0.3 is 24.2 Å². The molecule has 2 fully saturated rings. The van der Waals surface area contributed by atoms with Gasteiger partial charge in [0.05, 0.1) is 5.69 Å². The van der Waals surface area contributed by atoms with Crippen molar-refractivity contribution in [1.29, 1.82) is 0 Å². The molecule has 0 radical (unpaired) electrons. The van der Waals surface area contributed by atoms with Gasteiger partial charge in [-0.15, -0.1) is 0 Å². The highest BCUT2D eigenvalue weighted by molar-refractivity contribution is 6.02. The number of carbonyl (C=O) groups is 2. The van der Waals surface area contributed by atoms with E-state index in [1.54, 1.807) is 24.3 Å². The minimum atomic E-state index is -0.369. The lowest BCUT2D eigenvalue weighted by molar-refractivity contribution is -0.137. The van der Waals surface area contributed by atoms with Gasteiger partial charge in [-0.1, -0.05) is 24.4 Å². The SMILES string of the molecule is O=C(Nc1ccc2c(c1)OCCO2)c1cc([C@@H]2CCCN(C(=O)C3CCCCC3)C2)no1. The molecule has 2 aromatic rings. The normalized spacial score (nSPS) is 21.2. The average molecular weight is 440 g/mol. The van der Waals surface area contributed by atoms with Crippen molar-refractivity contribution in [2.75, 3.05) is 31.6 Å². The van der Waals surface area contributed by atoms with Crippen LogP contribution in [0.3, 0.4) is 0 Å². The zero-order valence-corrected chi connectivity index (χ0v) is 18.2. The molecule has 3 aliphatic rings. The molecule has 1 atom stereocenters. The van der Waals surface area contributed by atoms with Gasteiger partial charge in [0.1, 0.15) is 13.2 Å². The Morgan fingerprint density at radius 2 is 1.78 bits per heavy atom. The van der Waals surface area contributed by atoms with Gasteiger partial charge in [0.2, 0.25) is 11.7 Å². The third-order valence-electron chi connectivity index (χ3n) is 6.66. The van der Waals surface area contributed by atoms with Gasteiger partial charge >= 0.3 is 0 Å². The van der Waals surface area contributed by atoms with Crippen LogP contribution in [-0.2, 0) is 4.79 Å². The summed E-state index contributed by atoms with van der Waals surface area (Å²) in [6, 6.07) is 6.97. The molecular weight excluding hydrogens is 410 g/mol. The highest BCUT2D eigenvalue weighted by atomic mass is 16.6. The lowest BCUT2D eigenvalue weighted by atomic mass is 9.87. The minimum Gasteiger partial charge on any atom is -0.486 e. The first kappa shape index (κ1) is 20.8. The van der Waals surface area contributed by atoms with E-state index in [4.69, 9.17) is 14.0 Å². The monoisotopic (exact) mass is 439 g/mol. The number of aromatic nitrogens is 1. The smallest absolute Gasteiger partial charge is 0.294 e. The maximum atomic E-state index is 12.9. The van der Waals surface area contributed by atoms with Gasteiger partial charge in [-0.3, -0.25) is 9.59 Å². The molecule has 5 rings (SSSR count). The molecule has 1 saturated heterocycles. The fourth-order valence-electron chi connectivity index (χ4n) is 4.93. The Morgan fingerprint density at radius 3 is 2.62 bits per heavy atom. The van der Waals surface area contributed by atoms with Crippen molar-refractivity contribution in [3.05, 3.63) is 35.7 Å². The van der Waals surface area contributed by atoms with E-state index in [2.05, 4.69) is 10.5 Å². The van der Waals surface area contributed by atoms with Gasteiger partial charge in [0, 0.05) is 42.7 Å². The zero-order chi connectivity index (χ0) is 21.9. The highest BCUT2D eigenvalue weighted by Gasteiger charge is 2.31. The van der Waals surface area contributed by atoms with Crippen molar-refractivity contribution < 1.29 is 23.6 Å². The number of fused-ring (bicyclic) bond motifs is 1. The van der Waals surface area contributed by atoms with E-state index < -0.39 is 0 Å². The van der Waals surface area contributed by atoms with E-state index in [1.165, 1.54) is 6.42 Å². The van der Waals surface area contributed by atoms with Gasteiger partial charge in [0.15, 0.2) is 11.5 Å². The van der Waals surface area contributed by atoms with Crippen molar-refractivity contribution in [2.24, 2.45) is 5.92 Å². The summed E-state index contributed by atoms with van der Waals surface area (Å²) in [6.07, 6.45) is 7.43. The molecule has 1 N–H and O–H groups in total. The number of amides is 2. The number of hydrogen-bond acceptors (Lipinski definition) is 6. The van der Waals surface area contributed by atoms with Crippen molar-refractivity contribution in [3.8, 4) is 11.5 Å². The summed E-state index contributed by atoms with van der Waals surface area (Å²) in [5.41, 5.74) is 1.33. The lowest BCUT2D eigenvalue weighted by Crippen LogP contribution is -2.42. The molecule has 1 aromatic carbocycles. The van der Waals surface area contributed by atoms with Gasteiger partial charge in [-0.05, 0) is 37.8 Å². The Balaban J connectivity index is 1.22. The summed E-state index contributed by atoms with van der Waals surface area (Å²) in [6.45, 7) is 2.45. The topological polar surface area (TPSA) is 93.9 Å². The first-order valence-electron chi connectivity index (χ1n) is 11.6. The standard InChI is InChI=1S/C24H29N3O5/c28-23(25-18-8-9-20-21(13-18)31-12-11-30-20)22-14-19(26-32-22)17-7-4-10-27(15-17)24(29)16-5-2-1-3-6-16/h8-9,13-14,16-17H,1-7,10-12,15H2,(H,25,28)/t17-/m1/s1. The van der Waals surface area contributed by atoms with Crippen molar-refractivity contribution in [3.63, 3.8) is 0 Å². The summed E-state index contributed by atoms with van der Waals surface area (Å²) in [4.78, 5) is 27.6. The van der Waals surface area contributed by atoms with E-state index in [0.29, 0.717) is 36.9 Å². The second-order valence-electron chi connectivity index (χ2n) is 8.89. The fourth-order valence-corrected chi connectivity index (χ4v) is 4.93. The zero-order valence-electron chi connectivity index (χ0n) is 18.2. The average Bonchev–Trinajstić information content (AvgIpc) is 3.35. The molecule has 1 aromatic heterocycles. The minimum absolute atomic E-state index is 0.0934. The number of carbonyl (C=O) groups excluding carboxylic acids is 2. The Morgan fingerprint density at radius 1 is 0.969 bits per heavy atom. The lowest BCUT2D eigenvalue weighted by Gasteiger charge is -2.35. The van der Waals surface area contributed by atoms with Gasteiger partial charge in [0.25, 0.3) is 5.91 Å². The summed E-state index contributed by atoms with van der Waals surface area (Å²) in [5.74, 6) is 1.62. The molecule has 1 saturated carbocycles. The molecule has 2 aliphatic heterocycles. The number of nitrogens with zero attached hydrogens (tertiary/aromatic N) is 2. The second kappa shape index (κ2) is 9.22. The quantitative estimate of drug-likeness (QED) is 0.774. The summed E-state index contributed by atoms with van der Waals surface area (Å²) >= 11 is 0. The van der Waals surface area contributed by atoms with Crippen LogP contribution in [0.1, 0.15) is 67.1 Å². The van der Waals surface area contributed by atoms with Crippen LogP contribution in [0.15, 0.2) is 28.8 Å². The van der Waals surface area contributed by atoms with Crippen LogP contribution in [0.4, 0.5) is 5.69 Å². The largest absolute Gasteiger partial charge is 0.486 e. The van der Waals surface area contributed by atoms with E-state index in [0.717, 1.165) is 50.8 Å². The second-order valence-corrected chi connectivity index (χ2v) is 8.89. The Labute approximate surface area is 187 Å². The van der Waals surface area contributed by atoms with E-state index in [9.17, 15) is 9.59 Å². The van der Waals surface area contributed by atoms with Crippen LogP contribution in [0.5, 0.6) is 11.5 Å². The Hall–Kier alpha value is -3.03. The van der Waals surface area contributed by atoms with Crippen LogP contribution in [0, 0.1) is 5.92 Å².